The molecule has 2 atom stereocenters. The molecular weight excluding hydrogens is 259 g/mol. The molecule has 0 rings (SSSR count). The normalized spacial score (nSPS) is 14.4. The Morgan fingerprint density at radius 2 is 1.18 bits per heavy atom. The number of rotatable bonds is 10. The summed E-state index contributed by atoms with van der Waals surface area (Å²) in [7, 11) is 0. The number of hydrogen-bond acceptors (Lipinski definition) is 2. The molecule has 2 nitrogen and oxygen atoms in total. The largest absolute Gasteiger partial charge is 0.281 e. The second-order valence-electron chi connectivity index (χ2n) is 4.46. The lowest BCUT2D eigenvalue weighted by atomic mass is 9.96. The molecular formula is C13H22Cl2O2. The first-order chi connectivity index (χ1) is 8.02. The van der Waals surface area contributed by atoms with E-state index in [9.17, 15) is 9.59 Å². The van der Waals surface area contributed by atoms with Crippen LogP contribution in [0.3, 0.4) is 0 Å². The van der Waals surface area contributed by atoms with Crippen LogP contribution in [0, 0.1) is 11.8 Å². The first kappa shape index (κ1) is 16.9. The lowest BCUT2D eigenvalue weighted by Gasteiger charge is -2.11. The van der Waals surface area contributed by atoms with Crippen LogP contribution in [0.1, 0.15) is 58.8 Å². The minimum atomic E-state index is -0.227. The van der Waals surface area contributed by atoms with Crippen LogP contribution in [0.2, 0.25) is 0 Å². The highest BCUT2D eigenvalue weighted by atomic mass is 35.5. The molecule has 0 aromatic rings. The lowest BCUT2D eigenvalue weighted by molar-refractivity contribution is -0.116. The van der Waals surface area contributed by atoms with Gasteiger partial charge in [0.05, 0.1) is 0 Å². The molecule has 0 saturated heterocycles. The van der Waals surface area contributed by atoms with Crippen LogP contribution in [0.25, 0.3) is 0 Å². The van der Waals surface area contributed by atoms with Crippen LogP contribution in [0.4, 0.5) is 0 Å². The predicted molar refractivity (Wildman–Crippen MR) is 72.4 cm³/mol. The van der Waals surface area contributed by atoms with Crippen molar-refractivity contribution in [1.82, 2.24) is 0 Å². The van der Waals surface area contributed by atoms with Crippen LogP contribution < -0.4 is 0 Å². The minimum Gasteiger partial charge on any atom is -0.281 e. The van der Waals surface area contributed by atoms with E-state index in [1.807, 2.05) is 13.8 Å². The van der Waals surface area contributed by atoms with Crippen molar-refractivity contribution >= 4 is 33.7 Å². The van der Waals surface area contributed by atoms with Gasteiger partial charge in [-0.05, 0) is 48.9 Å². The Morgan fingerprint density at radius 3 is 1.41 bits per heavy atom. The molecule has 2 unspecified atom stereocenters. The summed E-state index contributed by atoms with van der Waals surface area (Å²) in [5, 5.41) is -0.454. The maximum atomic E-state index is 11.0. The Morgan fingerprint density at radius 1 is 0.824 bits per heavy atom. The number of halogens is 2. The van der Waals surface area contributed by atoms with Crippen molar-refractivity contribution in [3.8, 4) is 0 Å². The number of carbonyl (C=O) groups excluding carboxylic acids is 2. The molecule has 0 heterocycles. The van der Waals surface area contributed by atoms with Crippen LogP contribution >= 0.6 is 23.2 Å². The molecule has 0 saturated carbocycles. The van der Waals surface area contributed by atoms with E-state index in [0.717, 1.165) is 44.9 Å². The van der Waals surface area contributed by atoms with Gasteiger partial charge in [0, 0.05) is 11.8 Å². The fourth-order valence-electron chi connectivity index (χ4n) is 1.91. The van der Waals surface area contributed by atoms with Gasteiger partial charge in [-0.15, -0.1) is 0 Å². The Labute approximate surface area is 114 Å². The molecule has 0 radical (unpaired) electrons. The van der Waals surface area contributed by atoms with Gasteiger partial charge in [-0.1, -0.05) is 33.1 Å². The van der Waals surface area contributed by atoms with E-state index >= 15 is 0 Å². The monoisotopic (exact) mass is 280 g/mol. The molecule has 0 spiro atoms. The Balaban J connectivity index is 3.64. The van der Waals surface area contributed by atoms with Crippen LogP contribution in [0.5, 0.6) is 0 Å². The fraction of sp³-hybridized carbons (Fsp3) is 0.846. The third kappa shape index (κ3) is 7.77. The zero-order valence-corrected chi connectivity index (χ0v) is 12.2. The van der Waals surface area contributed by atoms with Crippen LogP contribution in [0.15, 0.2) is 0 Å². The van der Waals surface area contributed by atoms with Gasteiger partial charge >= 0.3 is 0 Å². The van der Waals surface area contributed by atoms with Gasteiger partial charge in [-0.25, -0.2) is 0 Å². The van der Waals surface area contributed by atoms with Crippen LogP contribution in [-0.4, -0.2) is 10.5 Å². The van der Waals surface area contributed by atoms with E-state index in [1.165, 1.54) is 0 Å². The molecule has 0 fully saturated rings. The fourth-order valence-corrected chi connectivity index (χ4v) is 2.44. The third-order valence-electron chi connectivity index (χ3n) is 3.23. The second kappa shape index (κ2) is 9.90. The van der Waals surface area contributed by atoms with Gasteiger partial charge in [0.15, 0.2) is 0 Å². The van der Waals surface area contributed by atoms with Crippen molar-refractivity contribution in [2.24, 2.45) is 11.8 Å². The quantitative estimate of drug-likeness (QED) is 0.436. The molecule has 100 valence electrons. The zero-order chi connectivity index (χ0) is 13.3. The summed E-state index contributed by atoms with van der Waals surface area (Å²) in [6.45, 7) is 3.95. The summed E-state index contributed by atoms with van der Waals surface area (Å²) in [5.74, 6) is -0.0124. The van der Waals surface area contributed by atoms with Crippen molar-refractivity contribution in [3.05, 3.63) is 0 Å². The molecule has 0 aromatic heterocycles. The number of carbonyl (C=O) groups is 2. The van der Waals surface area contributed by atoms with Gasteiger partial charge in [0.25, 0.3) is 0 Å². The van der Waals surface area contributed by atoms with E-state index in [-0.39, 0.29) is 22.3 Å². The van der Waals surface area contributed by atoms with E-state index in [1.54, 1.807) is 0 Å². The minimum absolute atomic E-state index is 0.00621. The maximum Gasteiger partial charge on any atom is 0.224 e. The molecule has 0 aromatic carbocycles. The lowest BCUT2D eigenvalue weighted by Crippen LogP contribution is -2.08. The highest BCUT2D eigenvalue weighted by Crippen LogP contribution is 2.20. The van der Waals surface area contributed by atoms with Crippen molar-refractivity contribution < 1.29 is 9.59 Å². The standard InChI is InChI=1S/C13H22Cl2O2/c1-3-10(12(14)16)8-6-5-7-9-11(4-2)13(15)17/h10-11H,3-9H2,1-2H3. The predicted octanol–water partition coefficient (Wildman–Crippen LogP) is 4.52. The smallest absolute Gasteiger partial charge is 0.224 e. The molecule has 0 bridgehead atoms. The average molecular weight is 281 g/mol. The van der Waals surface area contributed by atoms with Gasteiger partial charge in [-0.2, -0.15) is 0 Å². The first-order valence-corrected chi connectivity index (χ1v) is 7.17. The molecule has 0 aliphatic heterocycles. The molecule has 0 aliphatic rings. The van der Waals surface area contributed by atoms with Crippen molar-refractivity contribution in [1.29, 1.82) is 0 Å². The SMILES string of the molecule is CCC(CCCCCC(CC)C(=O)Cl)C(=O)Cl. The maximum absolute atomic E-state index is 11.0. The number of unbranched alkanes of at least 4 members (excludes halogenated alkanes) is 2. The summed E-state index contributed by atoms with van der Waals surface area (Å²) in [6.07, 6.45) is 6.32. The van der Waals surface area contributed by atoms with E-state index in [4.69, 9.17) is 23.2 Å². The Bertz CT molecular complexity index is 218. The van der Waals surface area contributed by atoms with Gasteiger partial charge in [0.2, 0.25) is 10.5 Å². The van der Waals surface area contributed by atoms with E-state index in [0.29, 0.717) is 0 Å². The highest BCUT2D eigenvalue weighted by molar-refractivity contribution is 6.64. The summed E-state index contributed by atoms with van der Waals surface area (Å²) in [4.78, 5) is 22.0. The summed E-state index contributed by atoms with van der Waals surface area (Å²) in [5.41, 5.74) is 0. The summed E-state index contributed by atoms with van der Waals surface area (Å²) >= 11 is 10.9. The average Bonchev–Trinajstić information content (AvgIpc) is 2.27. The molecule has 0 aliphatic carbocycles. The topological polar surface area (TPSA) is 34.1 Å². The van der Waals surface area contributed by atoms with Crippen molar-refractivity contribution in [2.45, 2.75) is 58.8 Å². The van der Waals surface area contributed by atoms with Gasteiger partial charge in [0.1, 0.15) is 0 Å². The summed E-state index contributed by atoms with van der Waals surface area (Å²) < 4.78 is 0. The first-order valence-electron chi connectivity index (χ1n) is 6.41. The van der Waals surface area contributed by atoms with Crippen LogP contribution in [-0.2, 0) is 9.59 Å². The molecule has 0 N–H and O–H groups in total. The molecule has 4 heteroatoms. The van der Waals surface area contributed by atoms with Gasteiger partial charge < -0.3 is 0 Å². The summed E-state index contributed by atoms with van der Waals surface area (Å²) in [6, 6.07) is 0. The Kier molecular flexibility index (Phi) is 9.85. The van der Waals surface area contributed by atoms with Crippen molar-refractivity contribution in [3.63, 3.8) is 0 Å². The highest BCUT2D eigenvalue weighted by Gasteiger charge is 2.15. The third-order valence-corrected chi connectivity index (χ3v) is 3.85. The molecule has 0 amide bonds. The van der Waals surface area contributed by atoms with Crippen molar-refractivity contribution in [2.75, 3.05) is 0 Å². The Hall–Kier alpha value is -0.0800. The van der Waals surface area contributed by atoms with E-state index < -0.39 is 0 Å². The zero-order valence-electron chi connectivity index (χ0n) is 10.7. The second-order valence-corrected chi connectivity index (χ2v) is 5.20. The molecule has 17 heavy (non-hydrogen) atoms. The number of hydrogen-bond donors (Lipinski definition) is 0. The van der Waals surface area contributed by atoms with Gasteiger partial charge in [-0.3, -0.25) is 9.59 Å². The van der Waals surface area contributed by atoms with E-state index in [2.05, 4.69) is 0 Å².